The molecule has 1 rings (SSSR count). The summed E-state index contributed by atoms with van der Waals surface area (Å²) in [6.45, 7) is 1.78. The molecule has 1 aromatic rings. The second-order valence-electron chi connectivity index (χ2n) is 2.46. The van der Waals surface area contributed by atoms with Crippen LogP contribution in [0.5, 0.6) is 0 Å². The molecule has 0 spiro atoms. The summed E-state index contributed by atoms with van der Waals surface area (Å²) < 4.78 is 0. The van der Waals surface area contributed by atoms with Gasteiger partial charge in [0.05, 0.1) is 0 Å². The van der Waals surface area contributed by atoms with Gasteiger partial charge in [-0.3, -0.25) is 15.1 Å². The van der Waals surface area contributed by atoms with Crippen molar-refractivity contribution in [1.29, 1.82) is 0 Å². The third-order valence-electron chi connectivity index (χ3n) is 1.67. The third-order valence-corrected chi connectivity index (χ3v) is 1.67. The van der Waals surface area contributed by atoms with Crippen molar-refractivity contribution >= 4 is 0 Å². The highest BCUT2D eigenvalue weighted by Gasteiger charge is 2.20. The van der Waals surface area contributed by atoms with Crippen molar-refractivity contribution in [2.75, 3.05) is 0 Å². The molecule has 0 saturated carbocycles. The molecule has 4 nitrogen and oxygen atoms in total. The lowest BCUT2D eigenvalue weighted by molar-refractivity contribution is -0.530. The predicted molar refractivity (Wildman–Crippen MR) is 44.3 cm³/mol. The molecule has 1 heterocycles. The van der Waals surface area contributed by atoms with Gasteiger partial charge >= 0.3 is 0 Å². The molecular weight excluding hydrogens is 156 g/mol. The maximum atomic E-state index is 10.5. The molecule has 64 valence electrons. The van der Waals surface area contributed by atoms with Crippen LogP contribution in [0.1, 0.15) is 25.1 Å². The molecule has 4 heteroatoms. The second kappa shape index (κ2) is 3.80. The van der Waals surface area contributed by atoms with E-state index in [-0.39, 0.29) is 4.92 Å². The number of pyridine rings is 1. The van der Waals surface area contributed by atoms with Crippen molar-refractivity contribution in [3.8, 4) is 0 Å². The zero-order chi connectivity index (χ0) is 8.97. The fourth-order valence-corrected chi connectivity index (χ4v) is 1.04. The minimum atomic E-state index is -0.661. The van der Waals surface area contributed by atoms with Gasteiger partial charge in [0.1, 0.15) is 5.69 Å². The largest absolute Gasteiger partial charge is 0.264 e. The molecule has 0 aliphatic carbocycles. The van der Waals surface area contributed by atoms with Gasteiger partial charge in [-0.15, -0.1) is 0 Å². The average molecular weight is 166 g/mol. The molecule has 1 atom stereocenters. The SMILES string of the molecule is CCC(c1ccccn1)[N+](=O)[O-]. The Bertz CT molecular complexity index is 261. The van der Waals surface area contributed by atoms with Gasteiger partial charge in [0, 0.05) is 17.5 Å². The predicted octanol–water partition coefficient (Wildman–Crippen LogP) is 1.81. The molecule has 1 aromatic heterocycles. The van der Waals surface area contributed by atoms with Crippen LogP contribution in [0.4, 0.5) is 0 Å². The number of nitro groups is 1. The Balaban J connectivity index is 2.88. The van der Waals surface area contributed by atoms with E-state index in [0.29, 0.717) is 12.1 Å². The Kier molecular flexibility index (Phi) is 2.74. The van der Waals surface area contributed by atoms with Crippen LogP contribution in [-0.2, 0) is 0 Å². The molecule has 0 saturated heterocycles. The van der Waals surface area contributed by atoms with Crippen molar-refractivity contribution in [1.82, 2.24) is 4.98 Å². The van der Waals surface area contributed by atoms with Gasteiger partial charge < -0.3 is 0 Å². The number of nitrogens with zero attached hydrogens (tertiary/aromatic N) is 2. The monoisotopic (exact) mass is 166 g/mol. The van der Waals surface area contributed by atoms with Gasteiger partial charge in [-0.2, -0.15) is 0 Å². The van der Waals surface area contributed by atoms with E-state index in [1.54, 1.807) is 31.3 Å². The van der Waals surface area contributed by atoms with Crippen molar-refractivity contribution < 1.29 is 4.92 Å². The first kappa shape index (κ1) is 8.64. The molecule has 0 aliphatic heterocycles. The summed E-state index contributed by atoms with van der Waals surface area (Å²) >= 11 is 0. The summed E-state index contributed by atoms with van der Waals surface area (Å²) in [7, 11) is 0. The van der Waals surface area contributed by atoms with Crippen molar-refractivity contribution in [3.05, 3.63) is 40.2 Å². The smallest absolute Gasteiger partial charge is 0.254 e. The topological polar surface area (TPSA) is 56.0 Å². The number of hydrogen-bond donors (Lipinski definition) is 0. The lowest BCUT2D eigenvalue weighted by Gasteiger charge is -2.04. The minimum absolute atomic E-state index is 0.303. The summed E-state index contributed by atoms with van der Waals surface area (Å²) in [6, 6.07) is 4.52. The summed E-state index contributed by atoms with van der Waals surface area (Å²) in [4.78, 5) is 14.1. The minimum Gasteiger partial charge on any atom is -0.264 e. The quantitative estimate of drug-likeness (QED) is 0.508. The maximum Gasteiger partial charge on any atom is 0.254 e. The molecule has 0 aromatic carbocycles. The Morgan fingerprint density at radius 3 is 2.83 bits per heavy atom. The Hall–Kier alpha value is -1.45. The van der Waals surface area contributed by atoms with Crippen LogP contribution in [0.15, 0.2) is 24.4 Å². The zero-order valence-electron chi connectivity index (χ0n) is 6.80. The van der Waals surface area contributed by atoms with E-state index in [0.717, 1.165) is 0 Å². The molecule has 0 amide bonds. The van der Waals surface area contributed by atoms with Crippen LogP contribution in [-0.4, -0.2) is 9.91 Å². The Morgan fingerprint density at radius 2 is 2.42 bits per heavy atom. The molecule has 0 radical (unpaired) electrons. The lowest BCUT2D eigenvalue weighted by Crippen LogP contribution is -2.10. The molecule has 0 aliphatic rings. The zero-order valence-corrected chi connectivity index (χ0v) is 6.80. The molecule has 1 unspecified atom stereocenters. The van der Waals surface area contributed by atoms with Crippen LogP contribution in [0.25, 0.3) is 0 Å². The van der Waals surface area contributed by atoms with E-state index < -0.39 is 6.04 Å². The van der Waals surface area contributed by atoms with Crippen LogP contribution in [0.3, 0.4) is 0 Å². The summed E-state index contributed by atoms with van der Waals surface area (Å²) in [6.07, 6.45) is 2.05. The lowest BCUT2D eigenvalue weighted by atomic mass is 10.1. The number of aromatic nitrogens is 1. The Morgan fingerprint density at radius 1 is 1.67 bits per heavy atom. The van der Waals surface area contributed by atoms with Crippen LogP contribution in [0.2, 0.25) is 0 Å². The van der Waals surface area contributed by atoms with Gasteiger partial charge in [0.25, 0.3) is 6.04 Å². The van der Waals surface area contributed by atoms with Crippen molar-refractivity contribution in [2.45, 2.75) is 19.4 Å². The van der Waals surface area contributed by atoms with Crippen LogP contribution in [0, 0.1) is 10.1 Å². The molecule has 0 bridgehead atoms. The van der Waals surface area contributed by atoms with E-state index in [1.165, 1.54) is 0 Å². The van der Waals surface area contributed by atoms with Gasteiger partial charge in [0.2, 0.25) is 0 Å². The molecule has 12 heavy (non-hydrogen) atoms. The van der Waals surface area contributed by atoms with E-state index in [4.69, 9.17) is 0 Å². The summed E-state index contributed by atoms with van der Waals surface area (Å²) in [5, 5.41) is 10.5. The second-order valence-corrected chi connectivity index (χ2v) is 2.46. The number of rotatable bonds is 3. The summed E-state index contributed by atoms with van der Waals surface area (Å²) in [5.74, 6) is 0. The fraction of sp³-hybridized carbons (Fsp3) is 0.375. The standard InChI is InChI=1S/C8H10N2O2/c1-2-8(10(11)12)7-5-3-4-6-9-7/h3-6,8H,2H2,1H3. The van der Waals surface area contributed by atoms with Gasteiger partial charge in [0.15, 0.2) is 0 Å². The average Bonchev–Trinajstić information content (AvgIpc) is 2.07. The molecule has 0 fully saturated rings. The normalized spacial score (nSPS) is 12.4. The first-order chi connectivity index (χ1) is 5.75. The first-order valence-corrected chi connectivity index (χ1v) is 3.80. The van der Waals surface area contributed by atoms with Gasteiger partial charge in [-0.25, -0.2) is 0 Å². The first-order valence-electron chi connectivity index (χ1n) is 3.80. The Labute approximate surface area is 70.4 Å². The van der Waals surface area contributed by atoms with Gasteiger partial charge in [-0.1, -0.05) is 13.0 Å². The summed E-state index contributed by atoms with van der Waals surface area (Å²) in [5.41, 5.74) is 0.532. The maximum absolute atomic E-state index is 10.5. The van der Waals surface area contributed by atoms with Crippen LogP contribution >= 0.6 is 0 Å². The van der Waals surface area contributed by atoms with Crippen molar-refractivity contribution in [2.24, 2.45) is 0 Å². The van der Waals surface area contributed by atoms with E-state index >= 15 is 0 Å². The molecule has 0 N–H and O–H groups in total. The van der Waals surface area contributed by atoms with Crippen LogP contribution < -0.4 is 0 Å². The molecular formula is C8H10N2O2. The number of hydrogen-bond acceptors (Lipinski definition) is 3. The highest BCUT2D eigenvalue weighted by Crippen LogP contribution is 2.16. The van der Waals surface area contributed by atoms with E-state index in [1.807, 2.05) is 0 Å². The van der Waals surface area contributed by atoms with E-state index in [2.05, 4.69) is 4.98 Å². The highest BCUT2D eigenvalue weighted by molar-refractivity contribution is 5.06. The third kappa shape index (κ3) is 1.78. The highest BCUT2D eigenvalue weighted by atomic mass is 16.6. The van der Waals surface area contributed by atoms with Gasteiger partial charge in [-0.05, 0) is 12.1 Å². The van der Waals surface area contributed by atoms with Crippen molar-refractivity contribution in [3.63, 3.8) is 0 Å². The fourth-order valence-electron chi connectivity index (χ4n) is 1.04. The van der Waals surface area contributed by atoms with E-state index in [9.17, 15) is 10.1 Å².